The number of anilines is 1. The average Bonchev–Trinajstić information content (AvgIpc) is 2.86. The van der Waals surface area contributed by atoms with Crippen molar-refractivity contribution in [2.75, 3.05) is 12.8 Å². The fourth-order valence-electron chi connectivity index (χ4n) is 3.92. The molecule has 0 radical (unpaired) electrons. The summed E-state index contributed by atoms with van der Waals surface area (Å²) < 4.78 is 39.0. The van der Waals surface area contributed by atoms with Crippen molar-refractivity contribution in [3.05, 3.63) is 82.9 Å². The van der Waals surface area contributed by atoms with E-state index < -0.39 is 21.0 Å². The Labute approximate surface area is 220 Å². The topological polar surface area (TPSA) is 154 Å². The van der Waals surface area contributed by atoms with E-state index in [-0.39, 0.29) is 28.8 Å². The molecule has 2 aromatic heterocycles. The van der Waals surface area contributed by atoms with Crippen molar-refractivity contribution >= 4 is 21.7 Å². The highest BCUT2D eigenvalue weighted by molar-refractivity contribution is 7.90. The van der Waals surface area contributed by atoms with Crippen LogP contribution in [0, 0.1) is 20.8 Å². The third-order valence-electron chi connectivity index (χ3n) is 5.63. The van der Waals surface area contributed by atoms with Crippen molar-refractivity contribution in [3.63, 3.8) is 0 Å². The number of amides is 1. The predicted molar refractivity (Wildman–Crippen MR) is 142 cm³/mol. The summed E-state index contributed by atoms with van der Waals surface area (Å²) in [5.74, 6) is -0.413. The van der Waals surface area contributed by atoms with Crippen molar-refractivity contribution in [2.45, 2.75) is 25.8 Å². The largest absolute Gasteiger partial charge is 0.504 e. The van der Waals surface area contributed by atoms with Crippen LogP contribution in [0.25, 0.3) is 11.3 Å². The average molecular weight is 535 g/mol. The van der Waals surface area contributed by atoms with Crippen molar-refractivity contribution in [2.24, 2.45) is 0 Å². The number of ether oxygens (including phenoxy) is 2. The Bertz CT molecular complexity index is 1630. The molecule has 11 heteroatoms. The standard InChI is InChI=1S/C27H26N4O6S/c1-15-12-16(2)25(17(3)13-15)37-27-19(26(33)31-38(34,35)24-7-5-6-23(28)30-24)9-10-20(29-27)18-8-11-21(32)22(14-18)36-4/h5-14,32H,1-4H3,(H2,28,30)(H,31,33). The molecule has 196 valence electrons. The number of aryl methyl sites for hydroxylation is 3. The molecule has 38 heavy (non-hydrogen) atoms. The molecule has 2 aromatic carbocycles. The number of rotatable bonds is 7. The van der Waals surface area contributed by atoms with Crippen LogP contribution in [-0.4, -0.2) is 36.5 Å². The zero-order chi connectivity index (χ0) is 27.6. The maximum absolute atomic E-state index is 13.2. The van der Waals surface area contributed by atoms with E-state index in [1.807, 2.05) is 37.6 Å². The third-order valence-corrected chi connectivity index (χ3v) is 6.86. The second-order valence-electron chi connectivity index (χ2n) is 8.60. The van der Waals surface area contributed by atoms with Gasteiger partial charge < -0.3 is 20.3 Å². The number of pyridine rings is 2. The molecule has 0 aliphatic carbocycles. The van der Waals surface area contributed by atoms with Gasteiger partial charge in [-0.25, -0.2) is 14.7 Å². The van der Waals surface area contributed by atoms with E-state index in [4.69, 9.17) is 15.2 Å². The zero-order valence-corrected chi connectivity index (χ0v) is 22.0. The van der Waals surface area contributed by atoms with E-state index in [1.54, 1.807) is 12.1 Å². The number of aromatic hydroxyl groups is 1. The summed E-state index contributed by atoms with van der Waals surface area (Å²) >= 11 is 0. The summed E-state index contributed by atoms with van der Waals surface area (Å²) in [6.45, 7) is 5.67. The second-order valence-corrected chi connectivity index (χ2v) is 10.2. The fraction of sp³-hybridized carbons (Fsp3) is 0.148. The van der Waals surface area contributed by atoms with Crippen LogP contribution in [0.15, 0.2) is 65.7 Å². The lowest BCUT2D eigenvalue weighted by molar-refractivity contribution is 0.0978. The van der Waals surface area contributed by atoms with Crippen LogP contribution in [0.1, 0.15) is 27.0 Å². The number of carbonyl (C=O) groups excluding carboxylic acids is 1. The minimum atomic E-state index is -4.34. The minimum absolute atomic E-state index is 0.00925. The molecular weight excluding hydrogens is 508 g/mol. The van der Waals surface area contributed by atoms with Crippen LogP contribution in [-0.2, 0) is 10.0 Å². The Morgan fingerprint density at radius 1 is 0.974 bits per heavy atom. The molecule has 1 amide bonds. The number of nitrogens with zero attached hydrogens (tertiary/aromatic N) is 2. The minimum Gasteiger partial charge on any atom is -0.504 e. The number of hydrogen-bond donors (Lipinski definition) is 3. The smallest absolute Gasteiger partial charge is 0.281 e. The molecule has 0 saturated heterocycles. The number of carbonyl (C=O) groups is 1. The predicted octanol–water partition coefficient (Wildman–Crippen LogP) is 4.28. The van der Waals surface area contributed by atoms with Crippen LogP contribution in [0.4, 0.5) is 5.82 Å². The van der Waals surface area contributed by atoms with Gasteiger partial charge in [0, 0.05) is 5.56 Å². The van der Waals surface area contributed by atoms with Crippen LogP contribution >= 0.6 is 0 Å². The molecule has 0 spiro atoms. The Morgan fingerprint density at radius 2 is 1.68 bits per heavy atom. The molecule has 0 aliphatic rings. The Balaban J connectivity index is 1.79. The van der Waals surface area contributed by atoms with E-state index in [0.29, 0.717) is 17.0 Å². The van der Waals surface area contributed by atoms with Gasteiger partial charge in [-0.1, -0.05) is 23.8 Å². The van der Waals surface area contributed by atoms with Gasteiger partial charge >= 0.3 is 0 Å². The molecule has 4 N–H and O–H groups in total. The fourth-order valence-corrected chi connectivity index (χ4v) is 4.86. The first-order valence-corrected chi connectivity index (χ1v) is 12.9. The number of phenolic OH excluding ortho intramolecular Hbond substituents is 1. The lowest BCUT2D eigenvalue weighted by Gasteiger charge is -2.16. The highest BCUT2D eigenvalue weighted by Crippen LogP contribution is 2.35. The molecule has 2 heterocycles. The maximum Gasteiger partial charge on any atom is 0.281 e. The highest BCUT2D eigenvalue weighted by Gasteiger charge is 2.25. The van der Waals surface area contributed by atoms with Gasteiger partial charge in [0.15, 0.2) is 16.5 Å². The first-order chi connectivity index (χ1) is 18.0. The quantitative estimate of drug-likeness (QED) is 0.315. The molecule has 0 saturated carbocycles. The van der Waals surface area contributed by atoms with E-state index in [2.05, 4.69) is 9.97 Å². The lowest BCUT2D eigenvalue weighted by Crippen LogP contribution is -2.31. The van der Waals surface area contributed by atoms with Crippen LogP contribution < -0.4 is 19.9 Å². The van der Waals surface area contributed by atoms with Gasteiger partial charge in [-0.3, -0.25) is 4.79 Å². The summed E-state index contributed by atoms with van der Waals surface area (Å²) in [4.78, 5) is 21.5. The Kier molecular flexibility index (Phi) is 7.22. The van der Waals surface area contributed by atoms with Crippen LogP contribution in [0.2, 0.25) is 0 Å². The van der Waals surface area contributed by atoms with Gasteiger partial charge in [-0.15, -0.1) is 0 Å². The van der Waals surface area contributed by atoms with E-state index >= 15 is 0 Å². The molecule has 0 atom stereocenters. The lowest BCUT2D eigenvalue weighted by atomic mass is 10.1. The number of phenols is 1. The second kappa shape index (κ2) is 10.4. The van der Waals surface area contributed by atoms with Crippen molar-refractivity contribution in [1.82, 2.24) is 14.7 Å². The van der Waals surface area contributed by atoms with E-state index in [1.165, 1.54) is 43.5 Å². The van der Waals surface area contributed by atoms with E-state index in [0.717, 1.165) is 16.7 Å². The van der Waals surface area contributed by atoms with Crippen LogP contribution in [0.5, 0.6) is 23.1 Å². The van der Waals surface area contributed by atoms with Crippen molar-refractivity contribution in [3.8, 4) is 34.4 Å². The summed E-state index contributed by atoms with van der Waals surface area (Å²) in [6, 6.07) is 15.5. The summed E-state index contributed by atoms with van der Waals surface area (Å²) in [6.07, 6.45) is 0. The molecule has 0 unspecified atom stereocenters. The SMILES string of the molecule is COc1cc(-c2ccc(C(=O)NS(=O)(=O)c3cccc(N)n3)c(Oc3c(C)cc(C)cc3C)n2)ccc1O. The molecule has 4 rings (SSSR count). The summed E-state index contributed by atoms with van der Waals surface area (Å²) in [5.41, 5.74) is 9.11. The van der Waals surface area contributed by atoms with Crippen molar-refractivity contribution < 1.29 is 27.8 Å². The number of benzene rings is 2. The molecule has 0 fully saturated rings. The number of aromatic nitrogens is 2. The zero-order valence-electron chi connectivity index (χ0n) is 21.1. The monoisotopic (exact) mass is 534 g/mol. The third kappa shape index (κ3) is 5.52. The number of hydrogen-bond acceptors (Lipinski definition) is 9. The number of sulfonamides is 1. The molecule has 4 aromatic rings. The molecular formula is C27H26N4O6S. The first kappa shape index (κ1) is 26.4. The Hall–Kier alpha value is -4.64. The Morgan fingerprint density at radius 3 is 2.34 bits per heavy atom. The van der Waals surface area contributed by atoms with Gasteiger partial charge in [-0.2, -0.15) is 8.42 Å². The molecule has 0 bridgehead atoms. The van der Waals surface area contributed by atoms with E-state index in [9.17, 15) is 18.3 Å². The normalized spacial score (nSPS) is 11.2. The summed E-state index contributed by atoms with van der Waals surface area (Å²) in [5, 5.41) is 9.55. The van der Waals surface area contributed by atoms with Gasteiger partial charge in [-0.05, 0) is 74.4 Å². The number of nitrogens with one attached hydrogen (secondary N) is 1. The molecule has 0 aliphatic heterocycles. The summed E-state index contributed by atoms with van der Waals surface area (Å²) in [7, 11) is -2.91. The molecule has 10 nitrogen and oxygen atoms in total. The maximum atomic E-state index is 13.2. The number of nitrogen functional groups attached to an aromatic ring is 1. The highest BCUT2D eigenvalue weighted by atomic mass is 32.2. The number of methoxy groups -OCH3 is 1. The van der Waals surface area contributed by atoms with Gasteiger partial charge in [0.25, 0.3) is 15.9 Å². The van der Waals surface area contributed by atoms with Crippen molar-refractivity contribution in [1.29, 1.82) is 0 Å². The van der Waals surface area contributed by atoms with Crippen LogP contribution in [0.3, 0.4) is 0 Å². The van der Waals surface area contributed by atoms with Gasteiger partial charge in [0.2, 0.25) is 5.88 Å². The van der Waals surface area contributed by atoms with Gasteiger partial charge in [0.05, 0.1) is 12.8 Å². The van der Waals surface area contributed by atoms with Gasteiger partial charge in [0.1, 0.15) is 17.1 Å². The number of nitrogens with two attached hydrogens (primary N) is 1. The first-order valence-electron chi connectivity index (χ1n) is 11.4.